The van der Waals surface area contributed by atoms with E-state index in [2.05, 4.69) is 50.2 Å². The van der Waals surface area contributed by atoms with Crippen LogP contribution in [0.1, 0.15) is 69.1 Å². The van der Waals surface area contributed by atoms with Gasteiger partial charge in [-0.15, -0.1) is 11.3 Å². The lowest BCUT2D eigenvalue weighted by atomic mass is 10.1. The van der Waals surface area contributed by atoms with E-state index in [1.807, 2.05) is 11.3 Å². The Morgan fingerprint density at radius 3 is 2.33 bits per heavy atom. The molecular weight excluding hydrogens is 276 g/mol. The summed E-state index contributed by atoms with van der Waals surface area (Å²) in [6.07, 6.45) is 8.49. The summed E-state index contributed by atoms with van der Waals surface area (Å²) in [5, 5.41) is 3.57. The lowest BCUT2D eigenvalue weighted by Crippen LogP contribution is -2.34. The third-order valence-electron chi connectivity index (χ3n) is 4.36. The number of hydrogen-bond donors (Lipinski definition) is 1. The van der Waals surface area contributed by atoms with Crippen molar-refractivity contribution in [1.29, 1.82) is 0 Å². The molecule has 0 radical (unpaired) electrons. The molecule has 120 valence electrons. The Morgan fingerprint density at radius 1 is 1.10 bits per heavy atom. The molecule has 2 nitrogen and oxygen atoms in total. The molecule has 1 aliphatic rings. The first-order valence-corrected chi connectivity index (χ1v) is 9.28. The van der Waals surface area contributed by atoms with Crippen LogP contribution in [0.3, 0.4) is 0 Å². The molecule has 1 aromatic heterocycles. The Kier molecular flexibility index (Phi) is 6.27. The Balaban J connectivity index is 1.83. The SMILES string of the molecule is CN(Cc1ccc(CNC(C)(C)C)s1)C1CCCCCC1. The molecule has 0 bridgehead atoms. The van der Waals surface area contributed by atoms with Gasteiger partial charge in [-0.25, -0.2) is 0 Å². The Labute approximate surface area is 134 Å². The molecule has 21 heavy (non-hydrogen) atoms. The maximum absolute atomic E-state index is 3.57. The van der Waals surface area contributed by atoms with Gasteiger partial charge in [-0.1, -0.05) is 25.7 Å². The maximum atomic E-state index is 3.57. The van der Waals surface area contributed by atoms with Crippen LogP contribution in [0.15, 0.2) is 12.1 Å². The van der Waals surface area contributed by atoms with Gasteiger partial charge in [-0.2, -0.15) is 0 Å². The maximum Gasteiger partial charge on any atom is 0.0327 e. The van der Waals surface area contributed by atoms with Gasteiger partial charge in [0.15, 0.2) is 0 Å². The first kappa shape index (κ1) is 17.0. The van der Waals surface area contributed by atoms with Crippen molar-refractivity contribution in [2.45, 2.75) is 84.0 Å². The van der Waals surface area contributed by atoms with E-state index in [-0.39, 0.29) is 5.54 Å². The largest absolute Gasteiger partial charge is 0.307 e. The quantitative estimate of drug-likeness (QED) is 0.787. The van der Waals surface area contributed by atoms with E-state index in [4.69, 9.17) is 0 Å². The van der Waals surface area contributed by atoms with Crippen LogP contribution in [-0.4, -0.2) is 23.5 Å². The zero-order chi connectivity index (χ0) is 15.3. The van der Waals surface area contributed by atoms with Crippen LogP contribution in [0.4, 0.5) is 0 Å². The zero-order valence-electron chi connectivity index (χ0n) is 14.2. The van der Waals surface area contributed by atoms with Crippen molar-refractivity contribution in [3.8, 4) is 0 Å². The molecular formula is C18H32N2S. The number of hydrogen-bond acceptors (Lipinski definition) is 3. The summed E-state index contributed by atoms with van der Waals surface area (Å²) >= 11 is 1.97. The number of thiophene rings is 1. The monoisotopic (exact) mass is 308 g/mol. The van der Waals surface area contributed by atoms with Gasteiger partial charge in [-0.3, -0.25) is 4.90 Å². The van der Waals surface area contributed by atoms with Crippen LogP contribution in [0.2, 0.25) is 0 Å². The van der Waals surface area contributed by atoms with Crippen molar-refractivity contribution in [2.24, 2.45) is 0 Å². The summed E-state index contributed by atoms with van der Waals surface area (Å²) in [5.41, 5.74) is 0.196. The first-order chi connectivity index (χ1) is 9.94. The topological polar surface area (TPSA) is 15.3 Å². The van der Waals surface area contributed by atoms with Crippen LogP contribution in [0.25, 0.3) is 0 Å². The lowest BCUT2D eigenvalue weighted by Gasteiger charge is -2.26. The summed E-state index contributed by atoms with van der Waals surface area (Å²) in [6.45, 7) is 8.77. The van der Waals surface area contributed by atoms with Gasteiger partial charge >= 0.3 is 0 Å². The van der Waals surface area contributed by atoms with E-state index in [1.165, 1.54) is 48.3 Å². The summed E-state index contributed by atoms with van der Waals surface area (Å²) in [6, 6.07) is 5.41. The van der Waals surface area contributed by atoms with E-state index >= 15 is 0 Å². The second-order valence-corrected chi connectivity index (χ2v) is 8.78. The minimum absolute atomic E-state index is 0.196. The van der Waals surface area contributed by atoms with Crippen LogP contribution in [-0.2, 0) is 13.1 Å². The van der Waals surface area contributed by atoms with E-state index in [0.29, 0.717) is 0 Å². The molecule has 2 rings (SSSR count). The molecule has 0 unspecified atom stereocenters. The molecule has 0 aromatic carbocycles. The second kappa shape index (κ2) is 7.75. The summed E-state index contributed by atoms with van der Waals surface area (Å²) in [7, 11) is 2.31. The van der Waals surface area contributed by atoms with Crippen LogP contribution in [0, 0.1) is 0 Å². The highest BCUT2D eigenvalue weighted by Crippen LogP contribution is 2.24. The van der Waals surface area contributed by atoms with Gasteiger partial charge in [0, 0.05) is 34.4 Å². The molecule has 0 spiro atoms. The van der Waals surface area contributed by atoms with Gasteiger partial charge in [0.1, 0.15) is 0 Å². The van der Waals surface area contributed by atoms with Crippen molar-refractivity contribution in [3.63, 3.8) is 0 Å². The first-order valence-electron chi connectivity index (χ1n) is 8.47. The molecule has 1 saturated carbocycles. The van der Waals surface area contributed by atoms with Crippen LogP contribution in [0.5, 0.6) is 0 Å². The van der Waals surface area contributed by atoms with Crippen molar-refractivity contribution in [2.75, 3.05) is 7.05 Å². The highest BCUT2D eigenvalue weighted by molar-refractivity contribution is 7.11. The Morgan fingerprint density at radius 2 is 1.71 bits per heavy atom. The third-order valence-corrected chi connectivity index (χ3v) is 5.43. The van der Waals surface area contributed by atoms with Gasteiger partial charge in [0.2, 0.25) is 0 Å². The lowest BCUT2D eigenvalue weighted by molar-refractivity contribution is 0.215. The molecule has 1 aliphatic carbocycles. The Bertz CT molecular complexity index is 411. The standard InChI is InChI=1S/C18H32N2S/c1-18(2,3)19-13-16-11-12-17(21-16)14-20(4)15-9-7-5-6-8-10-15/h11-12,15,19H,5-10,13-14H2,1-4H3. The number of rotatable bonds is 5. The Hall–Kier alpha value is -0.380. The molecule has 0 atom stereocenters. The van der Waals surface area contributed by atoms with Crippen LogP contribution >= 0.6 is 11.3 Å². The molecule has 1 N–H and O–H groups in total. The normalized spacial score (nSPS) is 18.1. The minimum atomic E-state index is 0.196. The van der Waals surface area contributed by atoms with Gasteiger partial charge in [-0.05, 0) is 52.8 Å². The predicted molar refractivity (Wildman–Crippen MR) is 93.9 cm³/mol. The van der Waals surface area contributed by atoms with E-state index < -0.39 is 0 Å². The predicted octanol–water partition coefficient (Wildman–Crippen LogP) is 4.79. The summed E-state index contributed by atoms with van der Waals surface area (Å²) in [5.74, 6) is 0. The van der Waals surface area contributed by atoms with E-state index in [9.17, 15) is 0 Å². The van der Waals surface area contributed by atoms with E-state index in [0.717, 1.165) is 19.1 Å². The molecule has 1 aromatic rings. The smallest absolute Gasteiger partial charge is 0.0327 e. The zero-order valence-corrected chi connectivity index (χ0v) is 15.1. The van der Waals surface area contributed by atoms with Gasteiger partial charge < -0.3 is 5.32 Å². The molecule has 1 fully saturated rings. The molecule has 1 heterocycles. The molecule has 3 heteroatoms. The van der Waals surface area contributed by atoms with Crippen molar-refractivity contribution in [1.82, 2.24) is 10.2 Å². The van der Waals surface area contributed by atoms with Crippen molar-refractivity contribution >= 4 is 11.3 Å². The second-order valence-electron chi connectivity index (χ2n) is 7.53. The fraction of sp³-hybridized carbons (Fsp3) is 0.778. The summed E-state index contributed by atoms with van der Waals surface area (Å²) < 4.78 is 0. The minimum Gasteiger partial charge on any atom is -0.307 e. The average Bonchev–Trinajstić information content (AvgIpc) is 2.68. The average molecular weight is 309 g/mol. The number of nitrogens with one attached hydrogen (secondary N) is 1. The van der Waals surface area contributed by atoms with E-state index in [1.54, 1.807) is 0 Å². The fourth-order valence-electron chi connectivity index (χ4n) is 3.03. The van der Waals surface area contributed by atoms with Crippen molar-refractivity contribution < 1.29 is 0 Å². The highest BCUT2D eigenvalue weighted by Gasteiger charge is 2.17. The molecule has 0 saturated heterocycles. The van der Waals surface area contributed by atoms with Crippen molar-refractivity contribution in [3.05, 3.63) is 21.9 Å². The molecule has 0 aliphatic heterocycles. The number of nitrogens with zero attached hydrogens (tertiary/aromatic N) is 1. The van der Waals surface area contributed by atoms with Crippen LogP contribution < -0.4 is 5.32 Å². The third kappa shape index (κ3) is 6.09. The van der Waals surface area contributed by atoms with Gasteiger partial charge in [0.25, 0.3) is 0 Å². The summed E-state index contributed by atoms with van der Waals surface area (Å²) in [4.78, 5) is 5.54. The van der Waals surface area contributed by atoms with Gasteiger partial charge in [0.05, 0.1) is 0 Å². The highest BCUT2D eigenvalue weighted by atomic mass is 32.1. The fourth-order valence-corrected chi connectivity index (χ4v) is 4.05. The molecule has 0 amide bonds.